The predicted octanol–water partition coefficient (Wildman–Crippen LogP) is 0.668. The number of nitrogens with one attached hydrogen (secondary N) is 1. The summed E-state index contributed by atoms with van der Waals surface area (Å²) in [6.07, 6.45) is 2.03. The van der Waals surface area contributed by atoms with Crippen molar-refractivity contribution in [1.29, 1.82) is 0 Å². The molecular formula is C6H11N3OS. The lowest BCUT2D eigenvalue weighted by Gasteiger charge is -2.00. The van der Waals surface area contributed by atoms with Gasteiger partial charge >= 0.3 is 0 Å². The van der Waals surface area contributed by atoms with Gasteiger partial charge in [-0.15, -0.1) is 0 Å². The number of nitrogens with zero attached hydrogens (tertiary/aromatic N) is 2. The van der Waals surface area contributed by atoms with E-state index in [1.165, 1.54) is 6.33 Å². The van der Waals surface area contributed by atoms with Crippen molar-refractivity contribution in [3.05, 3.63) is 6.33 Å². The summed E-state index contributed by atoms with van der Waals surface area (Å²) >= 11 is 1.57. The molecule has 0 saturated carbocycles. The Morgan fingerprint density at radius 1 is 1.82 bits per heavy atom. The van der Waals surface area contributed by atoms with E-state index in [1.54, 1.807) is 18.7 Å². The van der Waals surface area contributed by atoms with E-state index < -0.39 is 0 Å². The molecule has 11 heavy (non-hydrogen) atoms. The second-order valence-corrected chi connectivity index (χ2v) is 3.36. The molecular weight excluding hydrogens is 162 g/mol. The van der Waals surface area contributed by atoms with Gasteiger partial charge in [0.05, 0.1) is 6.10 Å². The van der Waals surface area contributed by atoms with Crippen LogP contribution in [0.5, 0.6) is 0 Å². The third-order valence-electron chi connectivity index (χ3n) is 1.17. The Morgan fingerprint density at radius 2 is 2.64 bits per heavy atom. The van der Waals surface area contributed by atoms with E-state index in [2.05, 4.69) is 15.2 Å². The highest BCUT2D eigenvalue weighted by molar-refractivity contribution is 7.99. The molecule has 5 heteroatoms. The van der Waals surface area contributed by atoms with Crippen molar-refractivity contribution in [2.75, 3.05) is 5.75 Å². The molecule has 0 aliphatic carbocycles. The largest absolute Gasteiger partial charge is 0.393 e. The molecule has 0 amide bonds. The fraction of sp³-hybridized carbons (Fsp3) is 0.667. The average molecular weight is 173 g/mol. The van der Waals surface area contributed by atoms with Crippen LogP contribution < -0.4 is 0 Å². The van der Waals surface area contributed by atoms with Gasteiger partial charge in [0, 0.05) is 5.75 Å². The van der Waals surface area contributed by atoms with Crippen molar-refractivity contribution >= 4 is 11.8 Å². The molecule has 0 spiro atoms. The van der Waals surface area contributed by atoms with Crippen LogP contribution in [0.15, 0.2) is 11.5 Å². The van der Waals surface area contributed by atoms with Gasteiger partial charge in [-0.2, -0.15) is 5.10 Å². The number of aromatic nitrogens is 3. The molecule has 0 radical (unpaired) electrons. The van der Waals surface area contributed by atoms with Crippen molar-refractivity contribution in [2.24, 2.45) is 0 Å². The van der Waals surface area contributed by atoms with Gasteiger partial charge < -0.3 is 5.11 Å². The minimum atomic E-state index is -0.231. The Labute approximate surface area is 69.4 Å². The lowest BCUT2D eigenvalue weighted by atomic mass is 10.3. The molecule has 1 unspecified atom stereocenters. The fourth-order valence-corrected chi connectivity index (χ4v) is 1.48. The van der Waals surface area contributed by atoms with Crippen LogP contribution >= 0.6 is 11.8 Å². The van der Waals surface area contributed by atoms with Crippen LogP contribution in [0.1, 0.15) is 13.3 Å². The quantitative estimate of drug-likeness (QED) is 0.657. The van der Waals surface area contributed by atoms with Gasteiger partial charge in [-0.3, -0.25) is 5.10 Å². The minimum absolute atomic E-state index is 0.231. The monoisotopic (exact) mass is 173 g/mol. The molecule has 2 N–H and O–H groups in total. The van der Waals surface area contributed by atoms with E-state index in [4.69, 9.17) is 5.11 Å². The van der Waals surface area contributed by atoms with Crippen molar-refractivity contribution < 1.29 is 5.11 Å². The zero-order chi connectivity index (χ0) is 8.10. The lowest BCUT2D eigenvalue weighted by molar-refractivity contribution is 0.192. The number of thioether (sulfide) groups is 1. The second kappa shape index (κ2) is 4.35. The molecule has 0 bridgehead atoms. The van der Waals surface area contributed by atoms with Gasteiger partial charge in [-0.25, -0.2) is 4.98 Å². The molecule has 4 nitrogen and oxygen atoms in total. The number of aromatic amines is 1. The maximum atomic E-state index is 8.92. The number of H-pyrrole nitrogens is 1. The molecule has 0 aliphatic heterocycles. The first-order valence-corrected chi connectivity index (χ1v) is 4.44. The molecule has 1 aromatic rings. The van der Waals surface area contributed by atoms with E-state index in [9.17, 15) is 0 Å². The third-order valence-corrected chi connectivity index (χ3v) is 2.08. The van der Waals surface area contributed by atoms with Gasteiger partial charge in [-0.1, -0.05) is 11.8 Å². The van der Waals surface area contributed by atoms with Crippen LogP contribution in [0.4, 0.5) is 0 Å². The summed E-state index contributed by atoms with van der Waals surface area (Å²) in [5.41, 5.74) is 0. The Balaban J connectivity index is 2.14. The molecule has 62 valence electrons. The van der Waals surface area contributed by atoms with E-state index in [0.29, 0.717) is 0 Å². The Bertz CT molecular complexity index is 188. The summed E-state index contributed by atoms with van der Waals surface area (Å²) in [4.78, 5) is 3.93. The summed E-state index contributed by atoms with van der Waals surface area (Å²) in [6, 6.07) is 0. The highest BCUT2D eigenvalue weighted by Gasteiger charge is 1.98. The second-order valence-electron chi connectivity index (χ2n) is 2.28. The van der Waals surface area contributed by atoms with Crippen molar-refractivity contribution in [2.45, 2.75) is 24.6 Å². The predicted molar refractivity (Wildman–Crippen MR) is 43.4 cm³/mol. The van der Waals surface area contributed by atoms with Gasteiger partial charge in [-0.05, 0) is 13.3 Å². The highest BCUT2D eigenvalue weighted by atomic mass is 32.2. The summed E-state index contributed by atoms with van der Waals surface area (Å²) < 4.78 is 0. The molecule has 0 saturated heterocycles. The molecule has 0 aromatic carbocycles. The van der Waals surface area contributed by atoms with Gasteiger partial charge in [0.25, 0.3) is 0 Å². The molecule has 1 rings (SSSR count). The van der Waals surface area contributed by atoms with E-state index in [0.717, 1.165) is 17.3 Å². The summed E-state index contributed by atoms with van der Waals surface area (Å²) in [5.74, 6) is 0.868. The summed E-state index contributed by atoms with van der Waals surface area (Å²) in [6.45, 7) is 1.78. The third kappa shape index (κ3) is 3.38. The first-order chi connectivity index (χ1) is 5.29. The van der Waals surface area contributed by atoms with Gasteiger partial charge in [0.2, 0.25) is 0 Å². The fourth-order valence-electron chi connectivity index (χ4n) is 0.590. The highest BCUT2D eigenvalue weighted by Crippen LogP contribution is 2.12. The van der Waals surface area contributed by atoms with Crippen LogP contribution in [0.2, 0.25) is 0 Å². The Morgan fingerprint density at radius 3 is 3.18 bits per heavy atom. The van der Waals surface area contributed by atoms with Crippen LogP contribution in [0, 0.1) is 0 Å². The van der Waals surface area contributed by atoms with Crippen LogP contribution in [-0.4, -0.2) is 32.1 Å². The normalized spacial score (nSPS) is 13.3. The molecule has 1 atom stereocenters. The molecule has 0 fully saturated rings. The first kappa shape index (κ1) is 8.55. The number of aliphatic hydroxyl groups is 1. The van der Waals surface area contributed by atoms with Gasteiger partial charge in [0.15, 0.2) is 5.16 Å². The average Bonchev–Trinajstić information content (AvgIpc) is 2.39. The first-order valence-electron chi connectivity index (χ1n) is 3.45. The zero-order valence-corrected chi connectivity index (χ0v) is 7.14. The zero-order valence-electron chi connectivity index (χ0n) is 6.32. The Kier molecular flexibility index (Phi) is 3.38. The van der Waals surface area contributed by atoms with Crippen LogP contribution in [-0.2, 0) is 0 Å². The summed E-state index contributed by atoms with van der Waals surface area (Å²) in [7, 11) is 0. The van der Waals surface area contributed by atoms with E-state index in [-0.39, 0.29) is 6.10 Å². The topological polar surface area (TPSA) is 61.8 Å². The maximum absolute atomic E-state index is 8.92. The SMILES string of the molecule is CC(O)CCSc1ncn[nH]1. The maximum Gasteiger partial charge on any atom is 0.183 e. The number of rotatable bonds is 4. The Hall–Kier alpha value is -0.550. The lowest BCUT2D eigenvalue weighted by Crippen LogP contribution is -2.00. The van der Waals surface area contributed by atoms with Crippen molar-refractivity contribution in [3.8, 4) is 0 Å². The van der Waals surface area contributed by atoms with Crippen LogP contribution in [0.25, 0.3) is 0 Å². The molecule has 0 aliphatic rings. The van der Waals surface area contributed by atoms with Crippen molar-refractivity contribution in [1.82, 2.24) is 15.2 Å². The molecule has 1 aromatic heterocycles. The number of hydrogen-bond acceptors (Lipinski definition) is 4. The smallest absolute Gasteiger partial charge is 0.183 e. The van der Waals surface area contributed by atoms with Crippen LogP contribution in [0.3, 0.4) is 0 Å². The number of aliphatic hydroxyl groups excluding tert-OH is 1. The molecule has 1 heterocycles. The summed E-state index contributed by atoms with van der Waals surface area (Å²) in [5, 5.41) is 16.2. The van der Waals surface area contributed by atoms with E-state index in [1.807, 2.05) is 0 Å². The van der Waals surface area contributed by atoms with E-state index >= 15 is 0 Å². The van der Waals surface area contributed by atoms with Crippen molar-refractivity contribution in [3.63, 3.8) is 0 Å². The minimum Gasteiger partial charge on any atom is -0.393 e. The van der Waals surface area contributed by atoms with Gasteiger partial charge in [0.1, 0.15) is 6.33 Å². The number of hydrogen-bond donors (Lipinski definition) is 2. The standard InChI is InChI=1S/C6H11N3OS/c1-5(10)2-3-11-6-7-4-8-9-6/h4-5,10H,2-3H2,1H3,(H,7,8,9).